The molecule has 6 rings (SSSR count). The summed E-state index contributed by atoms with van der Waals surface area (Å²) in [5.41, 5.74) is 4.20. The number of phenols is 1. The number of nitrogens with one attached hydrogen (secondary N) is 1. The molecule has 2 N–H and O–H groups in total. The number of carbonyl (C=O) groups is 1. The van der Waals surface area contributed by atoms with Gasteiger partial charge in [-0.15, -0.1) is 0 Å². The highest BCUT2D eigenvalue weighted by atomic mass is 35.5. The third kappa shape index (κ3) is 4.54. The fourth-order valence-corrected chi connectivity index (χ4v) is 5.33. The van der Waals surface area contributed by atoms with Crippen LogP contribution in [0.5, 0.6) is 5.75 Å². The summed E-state index contributed by atoms with van der Waals surface area (Å²) in [6.07, 6.45) is 7.57. The van der Waals surface area contributed by atoms with Crippen LogP contribution >= 0.6 is 11.6 Å². The zero-order valence-electron chi connectivity index (χ0n) is 20.3. The zero-order valence-corrected chi connectivity index (χ0v) is 21.1. The molecule has 0 amide bonds. The second-order valence-corrected chi connectivity index (χ2v) is 10.4. The first kappa shape index (κ1) is 23.8. The van der Waals surface area contributed by atoms with Crippen LogP contribution in [0.15, 0.2) is 54.9 Å². The predicted octanol–water partition coefficient (Wildman–Crippen LogP) is 6.90. The highest BCUT2D eigenvalue weighted by Crippen LogP contribution is 2.39. The number of phenolic OH excluding ortho intramolecular Hbond substituents is 1. The lowest BCUT2D eigenvalue weighted by atomic mass is 9.99. The number of likely N-dealkylation sites (tertiary alicyclic amines) is 1. The van der Waals surface area contributed by atoms with Gasteiger partial charge in [-0.25, -0.2) is 9.37 Å². The molecule has 0 radical (unpaired) electrons. The molecule has 1 saturated carbocycles. The second-order valence-electron chi connectivity index (χ2n) is 9.95. The lowest BCUT2D eigenvalue weighted by Gasteiger charge is -2.20. The first-order chi connectivity index (χ1) is 17.9. The third-order valence-electron chi connectivity index (χ3n) is 7.38. The minimum atomic E-state index is -0.797. The predicted molar refractivity (Wildman–Crippen MR) is 143 cm³/mol. The van der Waals surface area contributed by atoms with Gasteiger partial charge < -0.3 is 10.4 Å². The van der Waals surface area contributed by atoms with Crippen LogP contribution in [0.1, 0.15) is 47.6 Å². The molecule has 2 aromatic heterocycles. The Labute approximate surface area is 219 Å². The Morgan fingerprint density at radius 3 is 2.59 bits per heavy atom. The van der Waals surface area contributed by atoms with Crippen molar-refractivity contribution in [2.75, 3.05) is 18.9 Å². The minimum absolute atomic E-state index is 0.0150. The van der Waals surface area contributed by atoms with Gasteiger partial charge in [-0.05, 0) is 86.3 Å². The number of aromatic hydroxyl groups is 1. The normalized spacial score (nSPS) is 17.9. The highest BCUT2D eigenvalue weighted by Gasteiger charge is 2.33. The number of halogens is 2. The molecule has 1 atom stereocenters. The molecule has 2 aromatic carbocycles. The van der Waals surface area contributed by atoms with E-state index in [0.29, 0.717) is 39.8 Å². The van der Waals surface area contributed by atoms with Crippen molar-refractivity contribution in [2.45, 2.75) is 31.7 Å². The van der Waals surface area contributed by atoms with E-state index in [2.05, 4.69) is 33.3 Å². The molecular weight excluding hydrogens is 491 g/mol. The van der Waals surface area contributed by atoms with E-state index in [9.17, 15) is 14.3 Å². The molecule has 0 bridgehead atoms. The van der Waals surface area contributed by atoms with E-state index in [1.54, 1.807) is 6.20 Å². The molecule has 1 aliphatic heterocycles. The van der Waals surface area contributed by atoms with Crippen LogP contribution < -0.4 is 5.32 Å². The van der Waals surface area contributed by atoms with E-state index >= 15 is 0 Å². The average molecular weight is 517 g/mol. The van der Waals surface area contributed by atoms with E-state index < -0.39 is 11.6 Å². The summed E-state index contributed by atoms with van der Waals surface area (Å²) in [5, 5.41) is 13.8. The van der Waals surface area contributed by atoms with Gasteiger partial charge in [0.1, 0.15) is 5.82 Å². The van der Waals surface area contributed by atoms with Crippen LogP contribution in [0.2, 0.25) is 5.02 Å². The van der Waals surface area contributed by atoms with Crippen LogP contribution in [0.3, 0.4) is 0 Å². The molecule has 188 valence electrons. The lowest BCUT2D eigenvalue weighted by Crippen LogP contribution is -2.17. The number of nitrogens with zero attached hydrogens (tertiary/aromatic N) is 3. The van der Waals surface area contributed by atoms with E-state index in [0.717, 1.165) is 31.2 Å². The summed E-state index contributed by atoms with van der Waals surface area (Å²) in [4.78, 5) is 24.8. The summed E-state index contributed by atoms with van der Waals surface area (Å²) in [5.74, 6) is -0.669. The number of anilines is 2. The van der Waals surface area contributed by atoms with Gasteiger partial charge in [0.2, 0.25) is 0 Å². The molecule has 6 nitrogen and oxygen atoms in total. The summed E-state index contributed by atoms with van der Waals surface area (Å²) in [7, 11) is 2.13. The van der Waals surface area contributed by atoms with Crippen LogP contribution in [0.25, 0.3) is 22.0 Å². The first-order valence-corrected chi connectivity index (χ1v) is 12.9. The summed E-state index contributed by atoms with van der Waals surface area (Å²) in [6, 6.07) is 12.6. The smallest absolute Gasteiger partial charge is 0.170 e. The van der Waals surface area contributed by atoms with Gasteiger partial charge in [-0.1, -0.05) is 23.7 Å². The molecule has 2 fully saturated rings. The fraction of sp³-hybridized carbons (Fsp3) is 0.276. The number of pyridine rings is 2. The van der Waals surface area contributed by atoms with Crippen molar-refractivity contribution in [2.24, 2.45) is 5.92 Å². The van der Waals surface area contributed by atoms with Gasteiger partial charge in [0.05, 0.1) is 21.8 Å². The number of hydrogen-bond donors (Lipinski definition) is 2. The number of ketones is 1. The molecule has 1 aliphatic carbocycles. The van der Waals surface area contributed by atoms with Crippen LogP contribution in [-0.4, -0.2) is 39.4 Å². The van der Waals surface area contributed by atoms with Gasteiger partial charge in [-0.2, -0.15) is 0 Å². The molecule has 0 spiro atoms. The minimum Gasteiger partial charge on any atom is -0.504 e. The Kier molecular flexibility index (Phi) is 6.05. The van der Waals surface area contributed by atoms with Crippen molar-refractivity contribution in [3.63, 3.8) is 0 Å². The zero-order chi connectivity index (χ0) is 25.7. The van der Waals surface area contributed by atoms with E-state index in [4.69, 9.17) is 11.6 Å². The number of Topliss-reactive ketones (excluding diaryl/α,β-unsaturated/α-hetero) is 1. The maximum atomic E-state index is 14.2. The van der Waals surface area contributed by atoms with Crippen molar-refractivity contribution in [3.05, 3.63) is 76.8 Å². The summed E-state index contributed by atoms with van der Waals surface area (Å²) < 4.78 is 14.2. The Bertz CT molecular complexity index is 1500. The Hall–Kier alpha value is -3.55. The third-order valence-corrected chi connectivity index (χ3v) is 7.66. The monoisotopic (exact) mass is 516 g/mol. The summed E-state index contributed by atoms with van der Waals surface area (Å²) >= 11 is 6.03. The number of fused-ring (bicyclic) bond motifs is 1. The molecular formula is C29H26ClFN4O2. The first-order valence-electron chi connectivity index (χ1n) is 12.5. The number of carbonyl (C=O) groups excluding carboxylic acids is 1. The number of benzene rings is 2. The Balaban J connectivity index is 1.43. The molecule has 1 unspecified atom stereocenters. The SMILES string of the molecule is CN1CCCC1c1ccc(Nc2c(C(=O)C3CC3)cnc3ccc(-c4cc(F)c(O)c(Cl)c4)cc23)nc1. The average Bonchev–Trinajstić information content (AvgIpc) is 3.67. The van der Waals surface area contributed by atoms with E-state index in [1.165, 1.54) is 24.1 Å². The van der Waals surface area contributed by atoms with Crippen molar-refractivity contribution in [3.8, 4) is 16.9 Å². The van der Waals surface area contributed by atoms with E-state index in [1.807, 2.05) is 30.5 Å². The lowest BCUT2D eigenvalue weighted by molar-refractivity contribution is 0.0968. The number of aromatic nitrogens is 2. The van der Waals surface area contributed by atoms with Gasteiger partial charge in [0.15, 0.2) is 17.3 Å². The van der Waals surface area contributed by atoms with Crippen molar-refractivity contribution in [1.82, 2.24) is 14.9 Å². The quantitative estimate of drug-likeness (QED) is 0.271. The molecule has 4 aromatic rings. The van der Waals surface area contributed by atoms with Gasteiger partial charge in [0.25, 0.3) is 0 Å². The molecule has 1 saturated heterocycles. The molecule has 2 aliphatic rings. The largest absolute Gasteiger partial charge is 0.504 e. The van der Waals surface area contributed by atoms with Crippen LogP contribution in [0.4, 0.5) is 15.9 Å². The Morgan fingerprint density at radius 1 is 1.08 bits per heavy atom. The van der Waals surface area contributed by atoms with Crippen molar-refractivity contribution in [1.29, 1.82) is 0 Å². The molecule has 3 heterocycles. The van der Waals surface area contributed by atoms with E-state index in [-0.39, 0.29) is 16.7 Å². The van der Waals surface area contributed by atoms with Crippen molar-refractivity contribution >= 4 is 39.8 Å². The fourth-order valence-electron chi connectivity index (χ4n) is 5.13. The van der Waals surface area contributed by atoms with Gasteiger partial charge in [0, 0.05) is 29.7 Å². The topological polar surface area (TPSA) is 78.4 Å². The van der Waals surface area contributed by atoms with Crippen LogP contribution in [-0.2, 0) is 0 Å². The summed E-state index contributed by atoms with van der Waals surface area (Å²) in [6.45, 7) is 1.08. The van der Waals surface area contributed by atoms with Crippen molar-refractivity contribution < 1.29 is 14.3 Å². The maximum Gasteiger partial charge on any atom is 0.170 e. The Morgan fingerprint density at radius 2 is 1.92 bits per heavy atom. The maximum absolute atomic E-state index is 14.2. The standard InChI is InChI=1S/C29H26ClFN4O2/c1-35-10-2-3-25(35)18-7-9-26(33-14-18)34-27-20-11-17(19-12-22(30)29(37)23(31)13-19)6-8-24(20)32-15-21(27)28(36)16-4-5-16/h6-9,11-16,25,37H,2-5,10H2,1H3,(H,32,33,34). The molecule has 37 heavy (non-hydrogen) atoms. The number of hydrogen-bond acceptors (Lipinski definition) is 6. The highest BCUT2D eigenvalue weighted by molar-refractivity contribution is 6.32. The van der Waals surface area contributed by atoms with Crippen LogP contribution in [0, 0.1) is 11.7 Å². The second kappa shape index (κ2) is 9.39. The van der Waals surface area contributed by atoms with Gasteiger partial charge in [-0.3, -0.25) is 14.7 Å². The number of rotatable bonds is 6. The van der Waals surface area contributed by atoms with Gasteiger partial charge >= 0.3 is 0 Å². The molecule has 8 heteroatoms.